The van der Waals surface area contributed by atoms with Crippen LogP contribution < -0.4 is 20.8 Å². The SMILES string of the molecule is N#Cc1cc(-c2cc(C3CCCC3)c(-c3ccccc3)cn2)[n-]n1.[2H]C([2H])([2H])P(c1ccccc1)C([2H])([2H])[2H].[2H]C([2H])([2H])P(c1ccccc1)C([2H])([2H])[2H].[C-]#[N+]c1cc(-c2cc(C3CCCC3)c(-c3ccccc3)cn2)[n-]n1.[Os+2]. The van der Waals surface area contributed by atoms with E-state index >= 15 is 0 Å². The van der Waals surface area contributed by atoms with Crippen molar-refractivity contribution >= 4 is 32.3 Å². The number of hydrogen-bond donors (Lipinski definition) is 0. The molecule has 2 aliphatic rings. The molecule has 0 amide bonds. The summed E-state index contributed by atoms with van der Waals surface area (Å²) < 4.78 is 87.4. The van der Waals surface area contributed by atoms with E-state index in [1.807, 2.05) is 30.6 Å². The van der Waals surface area contributed by atoms with Gasteiger partial charge in [-0.1, -0.05) is 181 Å². The molecular weight excluding hydrogens is 1040 g/mol. The second-order valence-corrected chi connectivity index (χ2v) is 18.2. The number of benzene rings is 4. The minimum absolute atomic E-state index is 0. The third kappa shape index (κ3) is 14.1. The van der Waals surface area contributed by atoms with Gasteiger partial charge in [-0.05, 0) is 121 Å². The smallest absolute Gasteiger partial charge is 0.573 e. The van der Waals surface area contributed by atoms with Crippen molar-refractivity contribution in [3.05, 3.63) is 186 Å². The largest absolute Gasteiger partial charge is 2.00 e. The number of nitrogens with zero attached hydrogens (tertiary/aromatic N) is 8. The van der Waals surface area contributed by atoms with E-state index in [1.54, 1.807) is 72.8 Å². The number of aromatic nitrogens is 6. The van der Waals surface area contributed by atoms with Gasteiger partial charge in [0.25, 0.3) is 5.82 Å². The molecule has 338 valence electrons. The van der Waals surface area contributed by atoms with E-state index in [1.165, 1.54) is 84.7 Å². The molecule has 0 saturated heterocycles. The Morgan fingerprint density at radius 1 is 0.582 bits per heavy atom. The molecule has 2 fully saturated rings. The number of hydrogen-bond acceptors (Lipinski definition) is 5. The van der Waals surface area contributed by atoms with Gasteiger partial charge in [0.05, 0.1) is 0 Å². The molecule has 2 aliphatic carbocycles. The topological polar surface area (TPSA) is 108 Å². The van der Waals surface area contributed by atoms with Gasteiger partial charge >= 0.3 is 19.8 Å². The molecule has 2 saturated carbocycles. The molecule has 8 nitrogen and oxygen atoms in total. The van der Waals surface area contributed by atoms with E-state index in [9.17, 15) is 0 Å². The quantitative estimate of drug-likeness (QED) is 0.110. The van der Waals surface area contributed by atoms with Crippen LogP contribution in [0.3, 0.4) is 0 Å². The Bertz CT molecular complexity index is 3010. The van der Waals surface area contributed by atoms with Gasteiger partial charge in [-0.15, -0.1) is 0 Å². The van der Waals surface area contributed by atoms with Crippen molar-refractivity contribution in [3.63, 3.8) is 0 Å². The van der Waals surface area contributed by atoms with Crippen LogP contribution in [0.5, 0.6) is 0 Å². The van der Waals surface area contributed by atoms with E-state index in [-0.39, 0.29) is 19.8 Å². The maximum Gasteiger partial charge on any atom is 2.00 e. The Morgan fingerprint density at radius 3 is 1.36 bits per heavy atom. The van der Waals surface area contributed by atoms with Crippen LogP contribution in [0.25, 0.3) is 49.9 Å². The minimum atomic E-state index is -2.44. The summed E-state index contributed by atoms with van der Waals surface area (Å²) in [6.45, 7) is -2.72. The summed E-state index contributed by atoms with van der Waals surface area (Å²) in [6.07, 6.45) is 13.9. The summed E-state index contributed by atoms with van der Waals surface area (Å²) in [6, 6.07) is 46.9. The van der Waals surface area contributed by atoms with Gasteiger partial charge in [-0.3, -0.25) is 9.97 Å². The Morgan fingerprint density at radius 2 is 0.985 bits per heavy atom. The predicted molar refractivity (Wildman–Crippen MR) is 276 cm³/mol. The fourth-order valence-electron chi connectivity index (χ4n) is 8.18. The fourth-order valence-corrected chi connectivity index (χ4v) is 9.12. The molecule has 0 bridgehead atoms. The molecule has 0 N–H and O–H groups in total. The molecule has 0 atom stereocenters. The van der Waals surface area contributed by atoms with Crippen LogP contribution in [-0.4, -0.2) is 46.5 Å². The van der Waals surface area contributed by atoms with Gasteiger partial charge in [-0.25, -0.2) is 5.10 Å². The average molecular weight is 1110 g/mol. The van der Waals surface area contributed by atoms with E-state index in [0.717, 1.165) is 11.4 Å². The maximum atomic E-state index is 8.94. The van der Waals surface area contributed by atoms with E-state index in [2.05, 4.69) is 95.9 Å². The van der Waals surface area contributed by atoms with Crippen molar-refractivity contribution in [3.8, 4) is 51.1 Å². The molecule has 4 aromatic heterocycles. The van der Waals surface area contributed by atoms with Gasteiger partial charge in [-0.2, -0.15) is 5.26 Å². The van der Waals surface area contributed by atoms with Crippen LogP contribution in [0.4, 0.5) is 5.82 Å². The Balaban J connectivity index is 0.000000174. The minimum Gasteiger partial charge on any atom is -0.573 e. The molecular formula is C56H56N8OsP2. The number of nitriles is 1. The van der Waals surface area contributed by atoms with Crippen molar-refractivity contribution in [1.29, 1.82) is 5.26 Å². The molecule has 4 heterocycles. The predicted octanol–water partition coefficient (Wildman–Crippen LogP) is 13.4. The van der Waals surface area contributed by atoms with Crippen LogP contribution in [0.15, 0.2) is 158 Å². The van der Waals surface area contributed by atoms with Crippen LogP contribution in [0.1, 0.15) is 96.5 Å². The summed E-state index contributed by atoms with van der Waals surface area (Å²) in [5.41, 5.74) is 10.8. The molecule has 0 radical (unpaired) electrons. The molecule has 4 aromatic carbocycles. The first-order valence-corrected chi connectivity index (χ1v) is 24.4. The average Bonchev–Trinajstić information content (AvgIpc) is 4.31. The summed E-state index contributed by atoms with van der Waals surface area (Å²) in [7, 11) is -4.28. The summed E-state index contributed by atoms with van der Waals surface area (Å²) in [5.74, 6) is 1.46. The molecule has 0 spiro atoms. The first kappa shape index (κ1) is 36.2. The van der Waals surface area contributed by atoms with Gasteiger partial charge in [0, 0.05) is 51.4 Å². The van der Waals surface area contributed by atoms with Gasteiger partial charge in [0.2, 0.25) is 0 Å². The second kappa shape index (κ2) is 25.8. The summed E-state index contributed by atoms with van der Waals surface area (Å²) in [4.78, 5) is 12.5. The zero-order valence-electron chi connectivity index (χ0n) is 48.6. The first-order chi connectivity index (χ1) is 37.1. The summed E-state index contributed by atoms with van der Waals surface area (Å²) >= 11 is 0. The molecule has 8 aromatic rings. The molecule has 0 unspecified atom stereocenters. The van der Waals surface area contributed by atoms with E-state index < -0.39 is 42.2 Å². The maximum absolute atomic E-state index is 8.94. The fraction of sp³-hybridized carbons (Fsp3) is 0.250. The Kier molecular flexibility index (Phi) is 13.9. The van der Waals surface area contributed by atoms with Crippen molar-refractivity contribution in [2.75, 3.05) is 26.4 Å². The van der Waals surface area contributed by atoms with Crippen molar-refractivity contribution in [2.45, 2.75) is 63.2 Å². The van der Waals surface area contributed by atoms with E-state index in [4.69, 9.17) is 28.3 Å². The van der Waals surface area contributed by atoms with Gasteiger partial charge < -0.3 is 20.1 Å². The van der Waals surface area contributed by atoms with E-state index in [0.29, 0.717) is 45.3 Å². The van der Waals surface area contributed by atoms with Crippen molar-refractivity contribution in [2.24, 2.45) is 0 Å². The number of rotatable bonds is 8. The monoisotopic (exact) mass is 1110 g/mol. The van der Waals surface area contributed by atoms with Gasteiger partial charge in [0.1, 0.15) is 11.8 Å². The Labute approximate surface area is 429 Å². The zero-order chi connectivity index (χ0) is 56.1. The normalized spacial score (nSPS) is 16.6. The third-order valence-electron chi connectivity index (χ3n) is 11.5. The molecule has 0 aliphatic heterocycles. The standard InChI is InChI=1S/2C20H17N4.2C8H11P.Os/c1-21-20-12-19(23-24-20)18-11-16(14-9-5-6-10-14)17(13-22-18)15-7-3-2-4-8-15;21-12-16-10-20(24-23-16)19-11-17(14-8-4-5-9-14)18(13-22-19)15-6-2-1-3-7-15;2*1-9(2)8-6-4-3-5-7-8;/h2-4,7-8,11-14H,5-6,9-10H2;1-3,6-7,10-11,13-14H,4-5,8-9H2;2*3-7H,1-2H3;/q2*-1;;;+2/i;;2*1D3,2D3;. The molecule has 67 heavy (non-hydrogen) atoms. The first-order valence-electron chi connectivity index (χ1n) is 27.8. The van der Waals surface area contributed by atoms with Crippen LogP contribution in [-0.2, 0) is 19.8 Å². The summed E-state index contributed by atoms with van der Waals surface area (Å²) in [5, 5.41) is 25.7. The van der Waals surface area contributed by atoms with Crippen LogP contribution >= 0.6 is 15.8 Å². The van der Waals surface area contributed by atoms with Gasteiger partial charge in [0.15, 0.2) is 0 Å². The second-order valence-electron chi connectivity index (χ2n) is 15.8. The molecule has 10 rings (SSSR count). The van der Waals surface area contributed by atoms with Crippen molar-refractivity contribution < 1.29 is 36.2 Å². The zero-order valence-corrected chi connectivity index (χ0v) is 41.0. The number of pyridine rings is 2. The van der Waals surface area contributed by atoms with Crippen molar-refractivity contribution in [1.82, 2.24) is 30.4 Å². The molecule has 11 heteroatoms. The third-order valence-corrected chi connectivity index (χ3v) is 13.1. The van der Waals surface area contributed by atoms with Crippen LogP contribution in [0, 0.1) is 17.9 Å². The van der Waals surface area contributed by atoms with Crippen LogP contribution in [0.2, 0.25) is 0 Å². The Hall–Kier alpha value is -5.92.